The van der Waals surface area contributed by atoms with Crippen LogP contribution in [0.25, 0.3) is 16.8 Å². The summed E-state index contributed by atoms with van der Waals surface area (Å²) in [5.74, 6) is -0.385. The lowest BCUT2D eigenvalue weighted by molar-refractivity contribution is -0.123. The van der Waals surface area contributed by atoms with Crippen molar-refractivity contribution in [3.05, 3.63) is 83.4 Å². The fourth-order valence-corrected chi connectivity index (χ4v) is 2.87. The molecule has 2 amide bonds. The van der Waals surface area contributed by atoms with Crippen LogP contribution in [-0.2, 0) is 9.59 Å². The third kappa shape index (κ3) is 6.30. The second-order valence-corrected chi connectivity index (χ2v) is 6.98. The summed E-state index contributed by atoms with van der Waals surface area (Å²) < 4.78 is 5.31. The van der Waals surface area contributed by atoms with Crippen molar-refractivity contribution in [2.24, 2.45) is 0 Å². The van der Waals surface area contributed by atoms with E-state index in [1.165, 1.54) is 6.08 Å². The van der Waals surface area contributed by atoms with E-state index in [-0.39, 0.29) is 11.7 Å². The number of halogens is 1. The zero-order valence-electron chi connectivity index (χ0n) is 15.7. The van der Waals surface area contributed by atoms with Crippen LogP contribution in [0.1, 0.15) is 5.56 Å². The van der Waals surface area contributed by atoms with Gasteiger partial charge in [0.05, 0.1) is 0 Å². The normalized spacial score (nSPS) is 10.6. The van der Waals surface area contributed by atoms with E-state index < -0.39 is 11.8 Å². The number of carbonyl (C=O) groups is 2. The third-order valence-corrected chi connectivity index (χ3v) is 4.43. The number of carbonyl (C=O) groups excluding carboxylic acids is 2. The Labute approximate surface area is 183 Å². The molecule has 3 N–H and O–H groups in total. The molecule has 152 valence electrons. The second-order valence-electron chi connectivity index (χ2n) is 6.14. The molecule has 3 aromatic carbocycles. The van der Waals surface area contributed by atoms with Crippen LogP contribution >= 0.6 is 23.8 Å². The fraction of sp³-hybridized carbons (Fsp3) is 0.0455. The van der Waals surface area contributed by atoms with Gasteiger partial charge in [-0.15, -0.1) is 0 Å². The Bertz CT molecular complexity index is 1090. The maximum absolute atomic E-state index is 12.1. The van der Waals surface area contributed by atoms with E-state index in [9.17, 15) is 9.59 Å². The molecule has 0 radical (unpaired) electrons. The number of benzene rings is 3. The van der Waals surface area contributed by atoms with Crippen molar-refractivity contribution in [1.29, 1.82) is 0 Å². The summed E-state index contributed by atoms with van der Waals surface area (Å²) in [7, 11) is 0. The maximum Gasteiger partial charge on any atom is 0.276 e. The maximum atomic E-state index is 12.1. The van der Waals surface area contributed by atoms with Gasteiger partial charge >= 0.3 is 0 Å². The van der Waals surface area contributed by atoms with E-state index in [2.05, 4.69) is 16.2 Å². The Hall–Kier alpha value is -3.42. The summed E-state index contributed by atoms with van der Waals surface area (Å²) in [5.41, 5.74) is 5.71. The molecule has 0 aromatic heterocycles. The van der Waals surface area contributed by atoms with Crippen molar-refractivity contribution in [3.63, 3.8) is 0 Å². The summed E-state index contributed by atoms with van der Waals surface area (Å²) in [5, 5.41) is 5.12. The highest BCUT2D eigenvalue weighted by molar-refractivity contribution is 7.80. The van der Waals surface area contributed by atoms with Crippen molar-refractivity contribution in [2.45, 2.75) is 0 Å². The van der Waals surface area contributed by atoms with Gasteiger partial charge in [0.25, 0.3) is 5.91 Å². The van der Waals surface area contributed by atoms with Gasteiger partial charge in [0.1, 0.15) is 5.75 Å². The summed E-state index contributed by atoms with van der Waals surface area (Å²) in [6.45, 7) is -0.230. The molecule has 3 rings (SSSR count). The van der Waals surface area contributed by atoms with Gasteiger partial charge in [-0.3, -0.25) is 25.8 Å². The minimum Gasteiger partial charge on any atom is -0.484 e. The van der Waals surface area contributed by atoms with Crippen LogP contribution in [0.2, 0.25) is 5.02 Å². The first-order valence-corrected chi connectivity index (χ1v) is 9.74. The summed E-state index contributed by atoms with van der Waals surface area (Å²) in [6.07, 6.45) is 3.08. The van der Waals surface area contributed by atoms with Gasteiger partial charge in [-0.2, -0.15) is 0 Å². The molecule has 0 aliphatic rings. The lowest BCUT2D eigenvalue weighted by Gasteiger charge is -2.10. The molecule has 0 aliphatic carbocycles. The molecule has 3 aromatic rings. The van der Waals surface area contributed by atoms with E-state index in [4.69, 9.17) is 28.6 Å². The number of fused-ring (bicyclic) bond motifs is 1. The van der Waals surface area contributed by atoms with E-state index in [1.54, 1.807) is 30.3 Å². The Morgan fingerprint density at radius 2 is 1.70 bits per heavy atom. The minimum atomic E-state index is -0.465. The Balaban J connectivity index is 1.44. The number of hydrogen-bond acceptors (Lipinski definition) is 4. The first-order chi connectivity index (χ1) is 14.5. The average Bonchev–Trinajstić information content (AvgIpc) is 2.76. The predicted octanol–water partition coefficient (Wildman–Crippen LogP) is 3.61. The monoisotopic (exact) mass is 439 g/mol. The standard InChI is InChI=1S/C22H18ClN3O3S/c23-17-9-11-18(12-10-17)29-14-21(28)25-26-22(30)24-20(27)13-8-16-6-3-5-15-4-1-2-7-19(15)16/h1-13H,14H2,(H,25,28)(H2,24,26,27,30). The van der Waals surface area contributed by atoms with E-state index in [0.717, 1.165) is 16.3 Å². The molecule has 0 spiro atoms. The molecule has 8 heteroatoms. The van der Waals surface area contributed by atoms with Gasteiger partial charge in [-0.05, 0) is 58.9 Å². The van der Waals surface area contributed by atoms with E-state index >= 15 is 0 Å². The molecule has 0 bridgehead atoms. The summed E-state index contributed by atoms with van der Waals surface area (Å²) in [6, 6.07) is 20.4. The molecule has 6 nitrogen and oxygen atoms in total. The van der Waals surface area contributed by atoms with Crippen LogP contribution < -0.4 is 20.9 Å². The van der Waals surface area contributed by atoms with Crippen molar-refractivity contribution in [2.75, 3.05) is 6.61 Å². The van der Waals surface area contributed by atoms with Crippen LogP contribution in [0, 0.1) is 0 Å². The van der Waals surface area contributed by atoms with E-state index in [1.807, 2.05) is 42.5 Å². The number of thiocarbonyl (C=S) groups is 1. The van der Waals surface area contributed by atoms with Crippen LogP contribution in [0.4, 0.5) is 0 Å². The van der Waals surface area contributed by atoms with Crippen molar-refractivity contribution >= 4 is 57.6 Å². The molecular weight excluding hydrogens is 422 g/mol. The summed E-state index contributed by atoms with van der Waals surface area (Å²) in [4.78, 5) is 23.9. The third-order valence-electron chi connectivity index (χ3n) is 3.97. The van der Waals surface area contributed by atoms with Crippen molar-refractivity contribution < 1.29 is 14.3 Å². The quantitative estimate of drug-likeness (QED) is 0.321. The number of hydrazine groups is 1. The zero-order chi connectivity index (χ0) is 21.3. The molecule has 30 heavy (non-hydrogen) atoms. The van der Waals surface area contributed by atoms with Gasteiger partial charge in [-0.25, -0.2) is 0 Å². The van der Waals surface area contributed by atoms with Crippen LogP contribution in [0.15, 0.2) is 72.8 Å². The number of rotatable bonds is 5. The lowest BCUT2D eigenvalue weighted by Crippen LogP contribution is -2.49. The highest BCUT2D eigenvalue weighted by Gasteiger charge is 2.05. The molecule has 0 fully saturated rings. The van der Waals surface area contributed by atoms with Crippen LogP contribution in [-0.4, -0.2) is 23.5 Å². The SMILES string of the molecule is O=C(C=Cc1cccc2ccccc12)NC(=S)NNC(=O)COc1ccc(Cl)cc1. The van der Waals surface area contributed by atoms with E-state index in [0.29, 0.717) is 10.8 Å². The Morgan fingerprint density at radius 3 is 2.50 bits per heavy atom. The predicted molar refractivity (Wildman–Crippen MR) is 122 cm³/mol. The van der Waals surface area contributed by atoms with Gasteiger partial charge in [-0.1, -0.05) is 54.1 Å². The number of amides is 2. The first-order valence-electron chi connectivity index (χ1n) is 8.95. The minimum absolute atomic E-state index is 0.0394. The molecule has 0 heterocycles. The van der Waals surface area contributed by atoms with Crippen molar-refractivity contribution in [3.8, 4) is 5.75 Å². The number of hydrogen-bond donors (Lipinski definition) is 3. The fourth-order valence-electron chi connectivity index (χ4n) is 2.59. The second kappa shape index (κ2) is 10.4. The number of nitrogens with one attached hydrogen (secondary N) is 3. The van der Waals surface area contributed by atoms with Gasteiger partial charge in [0, 0.05) is 11.1 Å². The Morgan fingerprint density at radius 1 is 0.967 bits per heavy atom. The Kier molecular flexibility index (Phi) is 7.37. The van der Waals surface area contributed by atoms with Gasteiger partial charge in [0.2, 0.25) is 5.91 Å². The van der Waals surface area contributed by atoms with Crippen LogP contribution in [0.5, 0.6) is 5.75 Å². The highest BCUT2D eigenvalue weighted by Crippen LogP contribution is 2.19. The smallest absolute Gasteiger partial charge is 0.276 e. The molecule has 0 atom stereocenters. The average molecular weight is 440 g/mol. The summed E-state index contributed by atoms with van der Waals surface area (Å²) >= 11 is 10.8. The number of ether oxygens (including phenoxy) is 1. The van der Waals surface area contributed by atoms with Crippen LogP contribution in [0.3, 0.4) is 0 Å². The van der Waals surface area contributed by atoms with Crippen molar-refractivity contribution in [1.82, 2.24) is 16.2 Å². The van der Waals surface area contributed by atoms with Gasteiger partial charge < -0.3 is 4.74 Å². The topological polar surface area (TPSA) is 79.5 Å². The largest absolute Gasteiger partial charge is 0.484 e. The molecule has 0 saturated heterocycles. The van der Waals surface area contributed by atoms with Gasteiger partial charge in [0.15, 0.2) is 11.7 Å². The lowest BCUT2D eigenvalue weighted by atomic mass is 10.0. The highest BCUT2D eigenvalue weighted by atomic mass is 35.5. The zero-order valence-corrected chi connectivity index (χ0v) is 17.3. The first kappa shape index (κ1) is 21.3. The molecule has 0 aliphatic heterocycles. The molecule has 0 saturated carbocycles. The molecule has 0 unspecified atom stereocenters. The molecular formula is C22H18ClN3O3S.